The lowest BCUT2D eigenvalue weighted by atomic mass is 9.99. The van der Waals surface area contributed by atoms with Crippen LogP contribution in [0.1, 0.15) is 36.2 Å². The minimum Gasteiger partial charge on any atom is -0.497 e. The molecule has 0 unspecified atom stereocenters. The standard InChI is InChI=1S/C23H26N2O5/c1-4-15(2)20(23(28)29)25-22(27)19(14-16-8-6-5-7-9-16)24-21(26)17-10-12-18(30-3)13-11-17/h5-15,20H,4H2,1-3H3,(H,24,26)(H,25,27)(H,28,29)/b19-14+/t15-,20-/m0/s1. The van der Waals surface area contributed by atoms with Crippen LogP contribution in [0.5, 0.6) is 5.75 Å². The van der Waals surface area contributed by atoms with Crippen LogP contribution in [0.15, 0.2) is 60.3 Å². The predicted octanol–water partition coefficient (Wildman–Crippen LogP) is 3.08. The molecule has 0 bridgehead atoms. The second kappa shape index (κ2) is 10.8. The van der Waals surface area contributed by atoms with Crippen LogP contribution >= 0.6 is 0 Å². The van der Waals surface area contributed by atoms with Gasteiger partial charge in [0.25, 0.3) is 11.8 Å². The first-order valence-corrected chi connectivity index (χ1v) is 9.61. The Kier molecular flexibility index (Phi) is 8.17. The van der Waals surface area contributed by atoms with Gasteiger partial charge in [0.2, 0.25) is 0 Å². The van der Waals surface area contributed by atoms with Crippen LogP contribution in [0.4, 0.5) is 0 Å². The average Bonchev–Trinajstić information content (AvgIpc) is 2.76. The number of nitrogens with one attached hydrogen (secondary N) is 2. The van der Waals surface area contributed by atoms with Crippen molar-refractivity contribution in [2.45, 2.75) is 26.3 Å². The van der Waals surface area contributed by atoms with Gasteiger partial charge in [0.1, 0.15) is 17.5 Å². The van der Waals surface area contributed by atoms with Crippen LogP contribution in [0, 0.1) is 5.92 Å². The normalized spacial score (nSPS) is 13.1. The summed E-state index contributed by atoms with van der Waals surface area (Å²) < 4.78 is 5.08. The number of ether oxygens (including phenoxy) is 1. The highest BCUT2D eigenvalue weighted by Crippen LogP contribution is 2.13. The van der Waals surface area contributed by atoms with E-state index in [0.29, 0.717) is 23.3 Å². The van der Waals surface area contributed by atoms with Gasteiger partial charge in [-0.15, -0.1) is 0 Å². The van der Waals surface area contributed by atoms with Crippen molar-refractivity contribution in [2.75, 3.05) is 7.11 Å². The lowest BCUT2D eigenvalue weighted by Crippen LogP contribution is -2.47. The summed E-state index contributed by atoms with van der Waals surface area (Å²) in [7, 11) is 1.52. The highest BCUT2D eigenvalue weighted by molar-refractivity contribution is 6.06. The molecular weight excluding hydrogens is 384 g/mol. The molecular formula is C23H26N2O5. The fourth-order valence-electron chi connectivity index (χ4n) is 2.71. The third kappa shape index (κ3) is 6.20. The van der Waals surface area contributed by atoms with E-state index in [9.17, 15) is 19.5 Å². The Morgan fingerprint density at radius 2 is 1.70 bits per heavy atom. The first-order chi connectivity index (χ1) is 14.3. The number of hydrogen-bond donors (Lipinski definition) is 3. The highest BCUT2D eigenvalue weighted by Gasteiger charge is 2.27. The molecule has 0 saturated heterocycles. The lowest BCUT2D eigenvalue weighted by Gasteiger charge is -2.21. The van der Waals surface area contributed by atoms with E-state index < -0.39 is 23.8 Å². The quantitative estimate of drug-likeness (QED) is 0.551. The minimum atomic E-state index is -1.13. The summed E-state index contributed by atoms with van der Waals surface area (Å²) >= 11 is 0. The molecule has 0 fully saturated rings. The van der Waals surface area contributed by atoms with Crippen LogP contribution in [0.3, 0.4) is 0 Å². The largest absolute Gasteiger partial charge is 0.497 e. The van der Waals surface area contributed by atoms with Crippen LogP contribution in [-0.4, -0.2) is 36.0 Å². The van der Waals surface area contributed by atoms with E-state index in [1.165, 1.54) is 13.2 Å². The lowest BCUT2D eigenvalue weighted by molar-refractivity contribution is -0.142. The summed E-state index contributed by atoms with van der Waals surface area (Å²) in [5.41, 5.74) is 0.976. The van der Waals surface area contributed by atoms with E-state index in [1.54, 1.807) is 55.5 Å². The van der Waals surface area contributed by atoms with Crippen LogP contribution in [-0.2, 0) is 9.59 Å². The van der Waals surface area contributed by atoms with Gasteiger partial charge in [-0.3, -0.25) is 9.59 Å². The van der Waals surface area contributed by atoms with Gasteiger partial charge in [-0.1, -0.05) is 50.6 Å². The SMILES string of the molecule is CC[C@H](C)[C@H](NC(=O)/C(=C\c1ccccc1)NC(=O)c1ccc(OC)cc1)C(=O)O. The minimum absolute atomic E-state index is 0.0448. The number of hydrogen-bond acceptors (Lipinski definition) is 4. The molecule has 2 atom stereocenters. The monoisotopic (exact) mass is 410 g/mol. The van der Waals surface area contributed by atoms with E-state index in [1.807, 2.05) is 13.0 Å². The maximum absolute atomic E-state index is 12.9. The molecule has 2 aromatic carbocycles. The second-order valence-corrected chi connectivity index (χ2v) is 6.83. The van der Waals surface area contributed by atoms with E-state index in [0.717, 1.165) is 0 Å². The van der Waals surface area contributed by atoms with Crippen molar-refractivity contribution in [1.29, 1.82) is 0 Å². The molecule has 0 saturated carbocycles. The van der Waals surface area contributed by atoms with Crippen molar-refractivity contribution < 1.29 is 24.2 Å². The van der Waals surface area contributed by atoms with Gasteiger partial charge in [0.05, 0.1) is 7.11 Å². The smallest absolute Gasteiger partial charge is 0.326 e. The van der Waals surface area contributed by atoms with Crippen LogP contribution in [0.25, 0.3) is 6.08 Å². The topological polar surface area (TPSA) is 105 Å². The van der Waals surface area contributed by atoms with Gasteiger partial charge in [0.15, 0.2) is 0 Å². The molecule has 30 heavy (non-hydrogen) atoms. The Morgan fingerprint density at radius 3 is 2.23 bits per heavy atom. The van der Waals surface area contributed by atoms with E-state index in [-0.39, 0.29) is 11.6 Å². The Hall–Kier alpha value is -3.61. The third-order valence-corrected chi connectivity index (χ3v) is 4.72. The Balaban J connectivity index is 2.30. The molecule has 0 radical (unpaired) electrons. The molecule has 2 aromatic rings. The number of rotatable bonds is 9. The molecule has 0 spiro atoms. The highest BCUT2D eigenvalue weighted by atomic mass is 16.5. The van der Waals surface area contributed by atoms with Crippen molar-refractivity contribution in [3.63, 3.8) is 0 Å². The summed E-state index contributed by atoms with van der Waals surface area (Å²) in [4.78, 5) is 37.1. The number of carbonyl (C=O) groups is 3. The van der Waals surface area contributed by atoms with Crippen molar-refractivity contribution >= 4 is 23.9 Å². The van der Waals surface area contributed by atoms with E-state index in [2.05, 4.69) is 10.6 Å². The molecule has 0 aliphatic rings. The summed E-state index contributed by atoms with van der Waals surface area (Å²) in [6, 6.07) is 14.3. The Morgan fingerprint density at radius 1 is 1.07 bits per heavy atom. The molecule has 2 rings (SSSR count). The number of benzene rings is 2. The number of methoxy groups -OCH3 is 1. The number of amides is 2. The third-order valence-electron chi connectivity index (χ3n) is 4.72. The van der Waals surface area contributed by atoms with Crippen LogP contribution < -0.4 is 15.4 Å². The van der Waals surface area contributed by atoms with Gasteiger partial charge < -0.3 is 20.5 Å². The molecule has 0 aliphatic heterocycles. The molecule has 158 valence electrons. The fourth-order valence-corrected chi connectivity index (χ4v) is 2.71. The Labute approximate surface area is 175 Å². The molecule has 2 amide bonds. The maximum Gasteiger partial charge on any atom is 0.326 e. The van der Waals surface area contributed by atoms with Crippen molar-refractivity contribution in [2.24, 2.45) is 5.92 Å². The number of carboxylic acids is 1. The van der Waals surface area contributed by atoms with Crippen LogP contribution in [0.2, 0.25) is 0 Å². The van der Waals surface area contributed by atoms with Crippen molar-refractivity contribution in [3.05, 3.63) is 71.4 Å². The molecule has 0 aliphatic carbocycles. The summed E-state index contributed by atoms with van der Waals surface area (Å²) in [5, 5.41) is 14.6. The van der Waals surface area contributed by atoms with Gasteiger partial charge in [0, 0.05) is 5.56 Å². The van der Waals surface area contributed by atoms with Gasteiger partial charge in [-0.25, -0.2) is 4.79 Å². The zero-order valence-corrected chi connectivity index (χ0v) is 17.2. The predicted molar refractivity (Wildman–Crippen MR) is 114 cm³/mol. The molecule has 7 nitrogen and oxygen atoms in total. The number of carboxylic acid groups (broad SMARTS) is 1. The number of carbonyl (C=O) groups excluding carboxylic acids is 2. The summed E-state index contributed by atoms with van der Waals surface area (Å²) in [6.45, 7) is 3.59. The molecule has 3 N–H and O–H groups in total. The zero-order chi connectivity index (χ0) is 22.1. The van der Waals surface area contributed by atoms with Crippen molar-refractivity contribution in [1.82, 2.24) is 10.6 Å². The molecule has 7 heteroatoms. The van der Waals surface area contributed by atoms with Gasteiger partial charge >= 0.3 is 5.97 Å². The van der Waals surface area contributed by atoms with E-state index in [4.69, 9.17) is 4.74 Å². The van der Waals surface area contributed by atoms with E-state index >= 15 is 0 Å². The Bertz CT molecular complexity index is 907. The molecule has 0 aromatic heterocycles. The fraction of sp³-hybridized carbons (Fsp3) is 0.261. The van der Waals surface area contributed by atoms with Gasteiger partial charge in [-0.2, -0.15) is 0 Å². The molecule has 0 heterocycles. The number of aliphatic carboxylic acids is 1. The first-order valence-electron chi connectivity index (χ1n) is 9.61. The zero-order valence-electron chi connectivity index (χ0n) is 17.2. The first kappa shape index (κ1) is 22.7. The average molecular weight is 410 g/mol. The van der Waals surface area contributed by atoms with Gasteiger partial charge in [-0.05, 0) is 41.8 Å². The maximum atomic E-state index is 12.9. The summed E-state index contributed by atoms with van der Waals surface area (Å²) in [5.74, 6) is -1.97. The second-order valence-electron chi connectivity index (χ2n) is 6.83. The summed E-state index contributed by atoms with van der Waals surface area (Å²) in [6.07, 6.45) is 2.08. The van der Waals surface area contributed by atoms with Crippen molar-refractivity contribution in [3.8, 4) is 5.75 Å².